The van der Waals surface area contributed by atoms with E-state index in [1.54, 1.807) is 6.92 Å². The summed E-state index contributed by atoms with van der Waals surface area (Å²) in [5, 5.41) is 11.4. The van der Waals surface area contributed by atoms with E-state index in [0.29, 0.717) is 17.7 Å². The third-order valence-electron chi connectivity index (χ3n) is 4.26. The fourth-order valence-corrected chi connectivity index (χ4v) is 3.03. The molecule has 0 radical (unpaired) electrons. The number of aromatic hydroxyl groups is 1. The molecule has 0 saturated heterocycles. The maximum Gasteiger partial charge on any atom is 0.336 e. The summed E-state index contributed by atoms with van der Waals surface area (Å²) in [5.74, 6) is 0.191. The van der Waals surface area contributed by atoms with Gasteiger partial charge < -0.3 is 9.52 Å². The Morgan fingerprint density at radius 3 is 2.50 bits per heavy atom. The molecule has 0 spiro atoms. The van der Waals surface area contributed by atoms with E-state index in [4.69, 9.17) is 4.42 Å². The van der Waals surface area contributed by atoms with Crippen LogP contribution in [0, 0.1) is 13.8 Å². The quantitative estimate of drug-likeness (QED) is 0.743. The molecule has 3 rings (SSSR count). The van der Waals surface area contributed by atoms with E-state index in [1.807, 2.05) is 38.2 Å². The maximum absolute atomic E-state index is 11.6. The van der Waals surface area contributed by atoms with Crippen LogP contribution in [-0.4, -0.2) is 17.1 Å². The first-order valence-electron chi connectivity index (χ1n) is 7.94. The van der Waals surface area contributed by atoms with Crippen molar-refractivity contribution in [2.45, 2.75) is 26.9 Å². The first-order valence-corrected chi connectivity index (χ1v) is 7.94. The van der Waals surface area contributed by atoms with E-state index in [-0.39, 0.29) is 5.75 Å². The first-order chi connectivity index (χ1) is 11.5. The zero-order valence-electron chi connectivity index (χ0n) is 14.2. The molecule has 0 amide bonds. The highest BCUT2D eigenvalue weighted by Crippen LogP contribution is 2.32. The van der Waals surface area contributed by atoms with Gasteiger partial charge in [0.2, 0.25) is 0 Å². The molecule has 4 nitrogen and oxygen atoms in total. The van der Waals surface area contributed by atoms with Crippen molar-refractivity contribution in [2.24, 2.45) is 0 Å². The first kappa shape index (κ1) is 16.3. The van der Waals surface area contributed by atoms with Gasteiger partial charge in [0.25, 0.3) is 0 Å². The number of hydrogen-bond donors (Lipinski definition) is 1. The van der Waals surface area contributed by atoms with Gasteiger partial charge in [0.05, 0.1) is 0 Å². The molecule has 1 N–H and O–H groups in total. The van der Waals surface area contributed by atoms with Gasteiger partial charge in [0, 0.05) is 35.7 Å². The number of fused-ring (bicyclic) bond motifs is 1. The van der Waals surface area contributed by atoms with Crippen molar-refractivity contribution < 1.29 is 9.52 Å². The summed E-state index contributed by atoms with van der Waals surface area (Å²) in [5.41, 5.74) is 3.59. The van der Waals surface area contributed by atoms with Crippen molar-refractivity contribution in [1.29, 1.82) is 0 Å². The summed E-state index contributed by atoms with van der Waals surface area (Å²) in [6.45, 7) is 5.06. The standard InChI is InChI=1S/C20H21NO3/c1-13-9-18(22)24-20-14(2)19(23)16(10-17(13)20)12-21(3)11-15-7-5-4-6-8-15/h4-10,23H,11-12H2,1-3H3. The van der Waals surface area contributed by atoms with Crippen LogP contribution in [0.5, 0.6) is 5.75 Å². The lowest BCUT2D eigenvalue weighted by atomic mass is 10.0. The molecule has 4 heteroatoms. The molecule has 0 saturated carbocycles. The fourth-order valence-electron chi connectivity index (χ4n) is 3.03. The van der Waals surface area contributed by atoms with Crippen molar-refractivity contribution in [3.05, 3.63) is 75.1 Å². The van der Waals surface area contributed by atoms with Gasteiger partial charge in [-0.2, -0.15) is 0 Å². The predicted molar refractivity (Wildman–Crippen MR) is 95.2 cm³/mol. The highest BCUT2D eigenvalue weighted by Gasteiger charge is 2.15. The fraction of sp³-hybridized carbons (Fsp3) is 0.250. The van der Waals surface area contributed by atoms with Crippen LogP contribution >= 0.6 is 0 Å². The van der Waals surface area contributed by atoms with E-state index < -0.39 is 5.63 Å². The van der Waals surface area contributed by atoms with Crippen molar-refractivity contribution in [3.8, 4) is 5.75 Å². The highest BCUT2D eigenvalue weighted by atomic mass is 16.4. The van der Waals surface area contributed by atoms with Gasteiger partial charge in [0.1, 0.15) is 11.3 Å². The third kappa shape index (κ3) is 3.19. The van der Waals surface area contributed by atoms with Crippen LogP contribution in [-0.2, 0) is 13.1 Å². The van der Waals surface area contributed by atoms with Crippen LogP contribution in [0.1, 0.15) is 22.3 Å². The molecular formula is C20H21NO3. The van der Waals surface area contributed by atoms with Crippen LogP contribution < -0.4 is 5.63 Å². The Labute approximate surface area is 141 Å². The molecule has 0 fully saturated rings. The Kier molecular flexibility index (Phi) is 4.40. The summed E-state index contributed by atoms with van der Waals surface area (Å²) in [7, 11) is 2.02. The number of hydrogen-bond acceptors (Lipinski definition) is 4. The number of phenolic OH excluding ortho intramolecular Hbond substituents is 1. The Bertz CT molecular complexity index is 929. The molecule has 2 aromatic carbocycles. The van der Waals surface area contributed by atoms with Crippen LogP contribution in [0.15, 0.2) is 51.7 Å². The molecule has 1 aromatic heterocycles. The van der Waals surface area contributed by atoms with E-state index in [9.17, 15) is 9.90 Å². The summed E-state index contributed by atoms with van der Waals surface area (Å²) < 4.78 is 5.28. The number of nitrogens with zero attached hydrogens (tertiary/aromatic N) is 1. The van der Waals surface area contributed by atoms with Gasteiger partial charge in [-0.3, -0.25) is 4.90 Å². The summed E-state index contributed by atoms with van der Waals surface area (Å²) in [6.07, 6.45) is 0. The Morgan fingerprint density at radius 2 is 1.79 bits per heavy atom. The molecule has 3 aromatic rings. The maximum atomic E-state index is 11.6. The lowest BCUT2D eigenvalue weighted by molar-refractivity contribution is 0.312. The van der Waals surface area contributed by atoms with Crippen molar-refractivity contribution in [3.63, 3.8) is 0 Å². The van der Waals surface area contributed by atoms with Gasteiger partial charge in [-0.25, -0.2) is 4.79 Å². The molecule has 0 unspecified atom stereocenters. The largest absolute Gasteiger partial charge is 0.507 e. The minimum absolute atomic E-state index is 0.191. The molecule has 124 valence electrons. The number of rotatable bonds is 4. The van der Waals surface area contributed by atoms with Crippen molar-refractivity contribution >= 4 is 11.0 Å². The minimum atomic E-state index is -0.392. The number of benzene rings is 2. The van der Waals surface area contributed by atoms with Crippen molar-refractivity contribution in [1.82, 2.24) is 4.90 Å². The average Bonchev–Trinajstić information content (AvgIpc) is 2.54. The van der Waals surface area contributed by atoms with E-state index >= 15 is 0 Å². The molecule has 0 aliphatic carbocycles. The lowest BCUT2D eigenvalue weighted by Crippen LogP contribution is -2.17. The van der Waals surface area contributed by atoms with Crippen LogP contribution in [0.4, 0.5) is 0 Å². The monoisotopic (exact) mass is 323 g/mol. The zero-order valence-corrected chi connectivity index (χ0v) is 14.2. The van der Waals surface area contributed by atoms with E-state index in [2.05, 4.69) is 17.0 Å². The summed E-state index contributed by atoms with van der Waals surface area (Å²) >= 11 is 0. The smallest absolute Gasteiger partial charge is 0.336 e. The molecule has 0 atom stereocenters. The zero-order chi connectivity index (χ0) is 17.3. The third-order valence-corrected chi connectivity index (χ3v) is 4.26. The summed E-state index contributed by atoms with van der Waals surface area (Å²) in [4.78, 5) is 13.7. The molecule has 0 aliphatic heterocycles. The second kappa shape index (κ2) is 6.49. The van der Waals surface area contributed by atoms with Gasteiger partial charge in [0.15, 0.2) is 0 Å². The Morgan fingerprint density at radius 1 is 1.08 bits per heavy atom. The van der Waals surface area contributed by atoms with Crippen LogP contribution in [0.3, 0.4) is 0 Å². The molecule has 24 heavy (non-hydrogen) atoms. The molecular weight excluding hydrogens is 302 g/mol. The van der Waals surface area contributed by atoms with Crippen molar-refractivity contribution in [2.75, 3.05) is 7.05 Å². The van der Waals surface area contributed by atoms with Crippen LogP contribution in [0.25, 0.3) is 11.0 Å². The Balaban J connectivity index is 1.95. The number of aryl methyl sites for hydroxylation is 2. The average molecular weight is 323 g/mol. The van der Waals surface area contributed by atoms with Gasteiger partial charge in [-0.1, -0.05) is 30.3 Å². The molecule has 0 bridgehead atoms. The summed E-state index contributed by atoms with van der Waals surface area (Å²) in [6, 6.07) is 13.6. The van der Waals surface area contributed by atoms with Crippen LogP contribution in [0.2, 0.25) is 0 Å². The van der Waals surface area contributed by atoms with Gasteiger partial charge in [-0.15, -0.1) is 0 Å². The lowest BCUT2D eigenvalue weighted by Gasteiger charge is -2.19. The van der Waals surface area contributed by atoms with E-state index in [1.165, 1.54) is 11.6 Å². The Hall–Kier alpha value is -2.59. The normalized spacial score (nSPS) is 11.3. The predicted octanol–water partition coefficient (Wildman–Crippen LogP) is 3.75. The topological polar surface area (TPSA) is 53.7 Å². The second-order valence-electron chi connectivity index (χ2n) is 6.29. The van der Waals surface area contributed by atoms with E-state index in [0.717, 1.165) is 23.1 Å². The number of phenols is 1. The molecule has 1 heterocycles. The van der Waals surface area contributed by atoms with Gasteiger partial charge >= 0.3 is 5.63 Å². The second-order valence-corrected chi connectivity index (χ2v) is 6.29. The molecule has 0 aliphatic rings. The SMILES string of the molecule is Cc1cc(=O)oc2c(C)c(O)c(CN(C)Cc3ccccc3)cc12. The van der Waals surface area contributed by atoms with Gasteiger partial charge in [-0.05, 0) is 38.1 Å². The highest BCUT2D eigenvalue weighted by molar-refractivity contribution is 5.85. The minimum Gasteiger partial charge on any atom is -0.507 e.